The van der Waals surface area contributed by atoms with Crippen molar-refractivity contribution in [1.29, 1.82) is 0 Å². The summed E-state index contributed by atoms with van der Waals surface area (Å²) >= 11 is 0. The molecule has 0 aliphatic heterocycles. The number of para-hydroxylation sites is 1. The zero-order valence-corrected chi connectivity index (χ0v) is 22.5. The Bertz CT molecular complexity index is 1220. The number of hydrogen-bond acceptors (Lipinski definition) is 11. The van der Waals surface area contributed by atoms with Gasteiger partial charge in [0.1, 0.15) is 24.0 Å². The lowest BCUT2D eigenvalue weighted by Crippen LogP contribution is -2.55. The molecular weight excluding hydrogens is 521 g/mol. The van der Waals surface area contributed by atoms with Gasteiger partial charge in [0.05, 0.1) is 19.8 Å². The van der Waals surface area contributed by atoms with Crippen LogP contribution in [0.25, 0.3) is 0 Å². The molecule has 0 amide bonds. The lowest BCUT2D eigenvalue weighted by atomic mass is 10.0. The maximum Gasteiger partial charge on any atom is 0.459 e. The fraction of sp³-hybridized carbons (Fsp3) is 0.458. The van der Waals surface area contributed by atoms with Crippen molar-refractivity contribution in [2.45, 2.75) is 50.8 Å². The fourth-order valence-electron chi connectivity index (χ4n) is 3.11. The van der Waals surface area contributed by atoms with Crippen LogP contribution >= 0.6 is 7.75 Å². The van der Waals surface area contributed by atoms with E-state index in [0.29, 0.717) is 4.57 Å². The van der Waals surface area contributed by atoms with Gasteiger partial charge in [-0.3, -0.25) is 13.9 Å². The Hall–Kier alpha value is -3.24. The normalized spacial score (nSPS) is 16.8. The predicted molar refractivity (Wildman–Crippen MR) is 135 cm³/mol. The third kappa shape index (κ3) is 7.88. The molecule has 1 aromatic heterocycles. The van der Waals surface area contributed by atoms with Crippen LogP contribution in [0.2, 0.25) is 0 Å². The highest BCUT2D eigenvalue weighted by Gasteiger charge is 2.44. The number of terminal acetylenes is 1. The first-order chi connectivity index (χ1) is 17.9. The highest BCUT2D eigenvalue weighted by molar-refractivity contribution is 7.52. The molecule has 0 fully saturated rings. The van der Waals surface area contributed by atoms with Crippen LogP contribution in [0.4, 0.5) is 0 Å². The van der Waals surface area contributed by atoms with Gasteiger partial charge in [0.15, 0.2) is 0 Å². The van der Waals surface area contributed by atoms with Crippen molar-refractivity contribution in [1.82, 2.24) is 14.6 Å². The average Bonchev–Trinajstić information content (AvgIpc) is 2.88. The Labute approximate surface area is 220 Å². The summed E-state index contributed by atoms with van der Waals surface area (Å²) < 4.78 is 40.5. The standard InChI is InChI=1S/C24H32N3O10P/c1-7-24(31,27-14-13-20(34-6)25-23(27)30)21(28)19(33-5)15-35-38(32,37-18-11-9-8-10-12-18)26-17(4)22(29)36-16(2)3/h1,8-14,16-17,19,21,28,31H,15H2,2-6H3,(H,26,32)/t17-,19+,21+,24+,38?/m0/s1. The number of carbonyl (C=O) groups excluding carboxylic acids is 1. The van der Waals surface area contributed by atoms with Crippen LogP contribution < -0.4 is 20.0 Å². The van der Waals surface area contributed by atoms with E-state index in [9.17, 15) is 24.4 Å². The summed E-state index contributed by atoms with van der Waals surface area (Å²) in [5.74, 6) is 1.37. The van der Waals surface area contributed by atoms with Crippen LogP contribution in [0, 0.1) is 12.3 Å². The molecule has 0 radical (unpaired) electrons. The number of nitrogens with zero attached hydrogens (tertiary/aromatic N) is 2. The number of aromatic nitrogens is 2. The first-order valence-electron chi connectivity index (χ1n) is 11.4. The zero-order chi connectivity index (χ0) is 28.5. The van der Waals surface area contributed by atoms with Gasteiger partial charge in [-0.1, -0.05) is 18.2 Å². The monoisotopic (exact) mass is 553 g/mol. The van der Waals surface area contributed by atoms with Crippen molar-refractivity contribution in [3.05, 3.63) is 53.1 Å². The van der Waals surface area contributed by atoms with Gasteiger partial charge >= 0.3 is 19.4 Å². The van der Waals surface area contributed by atoms with E-state index in [2.05, 4.69) is 10.1 Å². The molecule has 1 heterocycles. The molecule has 2 rings (SSSR count). The summed E-state index contributed by atoms with van der Waals surface area (Å²) in [6.07, 6.45) is 2.70. The highest BCUT2D eigenvalue weighted by atomic mass is 31.2. The third-order valence-electron chi connectivity index (χ3n) is 5.07. The molecule has 13 nitrogen and oxygen atoms in total. The van der Waals surface area contributed by atoms with Crippen LogP contribution in [-0.2, 0) is 29.1 Å². The molecule has 0 bridgehead atoms. The molecule has 0 aliphatic carbocycles. The maximum atomic E-state index is 13.7. The van der Waals surface area contributed by atoms with E-state index < -0.39 is 56.1 Å². The first-order valence-corrected chi connectivity index (χ1v) is 13.0. The van der Waals surface area contributed by atoms with Gasteiger partial charge in [0.2, 0.25) is 11.6 Å². The maximum absolute atomic E-state index is 13.7. The van der Waals surface area contributed by atoms with Crippen LogP contribution in [0.3, 0.4) is 0 Å². The number of nitrogens with one attached hydrogen (secondary N) is 1. The predicted octanol–water partition coefficient (Wildman–Crippen LogP) is 1.04. The Morgan fingerprint density at radius 1 is 1.24 bits per heavy atom. The third-order valence-corrected chi connectivity index (χ3v) is 6.71. The fourth-order valence-corrected chi connectivity index (χ4v) is 4.61. The van der Waals surface area contributed by atoms with Crippen LogP contribution in [0.15, 0.2) is 47.4 Å². The van der Waals surface area contributed by atoms with Crippen LogP contribution in [0.1, 0.15) is 20.8 Å². The lowest BCUT2D eigenvalue weighted by molar-refractivity contribution is -0.154. The van der Waals surface area contributed by atoms with Crippen molar-refractivity contribution in [3.63, 3.8) is 0 Å². The molecule has 1 aromatic carbocycles. The van der Waals surface area contributed by atoms with Gasteiger partial charge in [0, 0.05) is 19.4 Å². The molecule has 38 heavy (non-hydrogen) atoms. The molecule has 0 saturated heterocycles. The number of carbonyl (C=O) groups is 1. The van der Waals surface area contributed by atoms with Crippen molar-refractivity contribution < 1.29 is 42.8 Å². The van der Waals surface area contributed by atoms with Gasteiger partial charge in [-0.25, -0.2) is 9.36 Å². The second-order valence-electron chi connectivity index (χ2n) is 8.25. The van der Waals surface area contributed by atoms with Gasteiger partial charge in [-0.15, -0.1) is 6.42 Å². The van der Waals surface area contributed by atoms with Gasteiger partial charge in [-0.05, 0) is 38.8 Å². The number of hydrogen-bond donors (Lipinski definition) is 3. The van der Waals surface area contributed by atoms with E-state index in [0.717, 1.165) is 6.20 Å². The quantitative estimate of drug-likeness (QED) is 0.173. The minimum absolute atomic E-state index is 0.0399. The van der Waals surface area contributed by atoms with E-state index in [1.54, 1.807) is 32.0 Å². The average molecular weight is 554 g/mol. The van der Waals surface area contributed by atoms with Crippen molar-refractivity contribution in [2.24, 2.45) is 0 Å². The number of rotatable bonds is 14. The summed E-state index contributed by atoms with van der Waals surface area (Å²) in [7, 11) is -1.87. The summed E-state index contributed by atoms with van der Waals surface area (Å²) in [5, 5.41) is 24.5. The van der Waals surface area contributed by atoms with Gasteiger partial charge < -0.3 is 28.9 Å². The lowest BCUT2D eigenvalue weighted by Gasteiger charge is -2.34. The van der Waals surface area contributed by atoms with Crippen molar-refractivity contribution in [3.8, 4) is 24.0 Å². The molecule has 5 atom stereocenters. The van der Waals surface area contributed by atoms with E-state index in [4.69, 9.17) is 29.7 Å². The Kier molecular flexibility index (Phi) is 11.0. The number of esters is 1. The summed E-state index contributed by atoms with van der Waals surface area (Å²) in [5.41, 5.74) is -3.66. The SMILES string of the molecule is C#C[C@@](O)([C@H](O)[C@@H](COP(=O)(N[C@@H](C)C(=O)OC(C)C)Oc1ccccc1)OC)n1ccc(OC)nc1=O. The largest absolute Gasteiger partial charge is 0.481 e. The minimum Gasteiger partial charge on any atom is -0.481 e. The summed E-state index contributed by atoms with van der Waals surface area (Å²) in [4.78, 5) is 28.3. The van der Waals surface area contributed by atoms with E-state index in [-0.39, 0.29) is 11.6 Å². The van der Waals surface area contributed by atoms with Crippen molar-refractivity contribution in [2.75, 3.05) is 20.8 Å². The topological polar surface area (TPSA) is 168 Å². The van der Waals surface area contributed by atoms with Gasteiger partial charge in [-0.2, -0.15) is 10.1 Å². The van der Waals surface area contributed by atoms with Gasteiger partial charge in [0.25, 0.3) is 0 Å². The van der Waals surface area contributed by atoms with E-state index in [1.165, 1.54) is 39.3 Å². The number of benzene rings is 1. The summed E-state index contributed by atoms with van der Waals surface area (Å²) in [6, 6.07) is 8.12. The molecular formula is C24H32N3O10P. The number of aliphatic hydroxyl groups is 2. The Balaban J connectivity index is 2.31. The molecule has 14 heteroatoms. The zero-order valence-electron chi connectivity index (χ0n) is 21.6. The molecule has 3 N–H and O–H groups in total. The first kappa shape index (κ1) is 31.0. The number of methoxy groups -OCH3 is 2. The Morgan fingerprint density at radius 2 is 1.89 bits per heavy atom. The highest BCUT2D eigenvalue weighted by Crippen LogP contribution is 2.45. The minimum atomic E-state index is -4.33. The van der Waals surface area contributed by atoms with E-state index in [1.807, 2.05) is 5.92 Å². The molecule has 0 spiro atoms. The molecule has 208 valence electrons. The molecule has 1 unspecified atom stereocenters. The molecule has 2 aromatic rings. The van der Waals surface area contributed by atoms with Crippen LogP contribution in [0.5, 0.6) is 11.6 Å². The second kappa shape index (κ2) is 13.5. The smallest absolute Gasteiger partial charge is 0.459 e. The summed E-state index contributed by atoms with van der Waals surface area (Å²) in [6.45, 7) is 4.05. The van der Waals surface area contributed by atoms with Crippen molar-refractivity contribution >= 4 is 13.7 Å². The Morgan fingerprint density at radius 3 is 2.42 bits per heavy atom. The van der Waals surface area contributed by atoms with Crippen LogP contribution in [-0.4, -0.2) is 70.9 Å². The molecule has 0 aliphatic rings. The second-order valence-corrected chi connectivity index (χ2v) is 9.94. The number of ether oxygens (including phenoxy) is 3. The molecule has 0 saturated carbocycles. The number of aliphatic hydroxyl groups excluding tert-OH is 1. The van der Waals surface area contributed by atoms with E-state index >= 15 is 0 Å².